The van der Waals surface area contributed by atoms with Crippen LogP contribution in [0.5, 0.6) is 0 Å². The zero-order valence-electron chi connectivity index (χ0n) is 13.2. The Labute approximate surface area is 137 Å². The van der Waals surface area contributed by atoms with E-state index in [-0.39, 0.29) is 29.8 Å². The molecule has 3 heterocycles. The van der Waals surface area contributed by atoms with Crippen LogP contribution in [-0.2, 0) is 14.6 Å². The Morgan fingerprint density at radius 1 is 1.26 bits per heavy atom. The number of amides is 1. The van der Waals surface area contributed by atoms with Gasteiger partial charge in [-0.15, -0.1) is 0 Å². The number of hydrogen-bond donors (Lipinski definition) is 1. The minimum absolute atomic E-state index is 0.0550. The second-order valence-corrected chi connectivity index (χ2v) is 8.70. The SMILES string of the molecule is O=C(C[C@H]1CCS(=O)(=O)C1)Nc1ccc(N2CCCCC2)nc1. The van der Waals surface area contributed by atoms with E-state index in [1.807, 2.05) is 12.1 Å². The van der Waals surface area contributed by atoms with E-state index in [2.05, 4.69) is 15.2 Å². The highest BCUT2D eigenvalue weighted by Crippen LogP contribution is 2.23. The Bertz CT molecular complexity index is 652. The van der Waals surface area contributed by atoms with Crippen LogP contribution >= 0.6 is 0 Å². The summed E-state index contributed by atoms with van der Waals surface area (Å²) in [5, 5.41) is 2.81. The minimum atomic E-state index is -2.93. The third kappa shape index (κ3) is 4.43. The van der Waals surface area contributed by atoms with Crippen molar-refractivity contribution in [3.63, 3.8) is 0 Å². The molecule has 1 amide bonds. The number of pyridine rings is 1. The van der Waals surface area contributed by atoms with Gasteiger partial charge in [0.2, 0.25) is 5.91 Å². The molecule has 2 fully saturated rings. The minimum Gasteiger partial charge on any atom is -0.357 e. The Balaban J connectivity index is 1.52. The van der Waals surface area contributed by atoms with E-state index in [4.69, 9.17) is 0 Å². The van der Waals surface area contributed by atoms with E-state index in [1.165, 1.54) is 19.3 Å². The molecule has 0 saturated carbocycles. The molecule has 1 aromatic heterocycles. The molecule has 0 bridgehead atoms. The largest absolute Gasteiger partial charge is 0.357 e. The lowest BCUT2D eigenvalue weighted by molar-refractivity contribution is -0.116. The molecule has 0 radical (unpaired) electrons. The molecule has 0 spiro atoms. The van der Waals surface area contributed by atoms with E-state index in [1.54, 1.807) is 6.20 Å². The Morgan fingerprint density at radius 2 is 2.04 bits per heavy atom. The van der Waals surface area contributed by atoms with Crippen LogP contribution in [0.4, 0.5) is 11.5 Å². The van der Waals surface area contributed by atoms with Crippen molar-refractivity contribution in [2.24, 2.45) is 5.92 Å². The third-order valence-corrected chi connectivity index (χ3v) is 6.35. The highest BCUT2D eigenvalue weighted by atomic mass is 32.2. The van der Waals surface area contributed by atoms with Crippen molar-refractivity contribution in [3.8, 4) is 0 Å². The number of anilines is 2. The van der Waals surface area contributed by atoms with Gasteiger partial charge < -0.3 is 10.2 Å². The molecule has 0 unspecified atom stereocenters. The number of nitrogens with zero attached hydrogens (tertiary/aromatic N) is 2. The van der Waals surface area contributed by atoms with Gasteiger partial charge in [0, 0.05) is 19.5 Å². The topological polar surface area (TPSA) is 79.4 Å². The third-order valence-electron chi connectivity index (χ3n) is 4.51. The summed E-state index contributed by atoms with van der Waals surface area (Å²) in [6.45, 7) is 2.07. The van der Waals surface area contributed by atoms with Crippen molar-refractivity contribution < 1.29 is 13.2 Å². The highest BCUT2D eigenvalue weighted by molar-refractivity contribution is 7.91. The smallest absolute Gasteiger partial charge is 0.224 e. The van der Waals surface area contributed by atoms with Gasteiger partial charge in [-0.25, -0.2) is 13.4 Å². The molecular weight excluding hydrogens is 314 g/mol. The van der Waals surface area contributed by atoms with Crippen LogP contribution in [0.1, 0.15) is 32.1 Å². The molecule has 126 valence electrons. The average molecular weight is 337 g/mol. The average Bonchev–Trinajstić information content (AvgIpc) is 2.87. The second-order valence-electron chi connectivity index (χ2n) is 6.47. The van der Waals surface area contributed by atoms with Crippen LogP contribution in [0.25, 0.3) is 0 Å². The Hall–Kier alpha value is -1.63. The monoisotopic (exact) mass is 337 g/mol. The summed E-state index contributed by atoms with van der Waals surface area (Å²) in [4.78, 5) is 18.7. The molecule has 23 heavy (non-hydrogen) atoms. The van der Waals surface area contributed by atoms with Crippen LogP contribution in [0.2, 0.25) is 0 Å². The maximum absolute atomic E-state index is 12.0. The standard InChI is InChI=1S/C16H23N3O3S/c20-16(10-13-6-9-23(21,22)12-13)18-14-4-5-15(17-11-14)19-7-2-1-3-8-19/h4-5,11,13H,1-3,6-10,12H2,(H,18,20)/t13-/m1/s1. The molecule has 2 saturated heterocycles. The normalized spacial score (nSPS) is 23.7. The maximum atomic E-state index is 12.0. The van der Waals surface area contributed by atoms with Gasteiger partial charge in [0.1, 0.15) is 5.82 Å². The van der Waals surface area contributed by atoms with Gasteiger partial charge in [-0.1, -0.05) is 0 Å². The lowest BCUT2D eigenvalue weighted by Gasteiger charge is -2.27. The quantitative estimate of drug-likeness (QED) is 0.907. The van der Waals surface area contributed by atoms with Gasteiger partial charge >= 0.3 is 0 Å². The zero-order valence-corrected chi connectivity index (χ0v) is 14.0. The van der Waals surface area contributed by atoms with Gasteiger partial charge in [-0.3, -0.25) is 4.79 Å². The van der Waals surface area contributed by atoms with Gasteiger partial charge in [-0.05, 0) is 43.7 Å². The van der Waals surface area contributed by atoms with Crippen molar-refractivity contribution in [1.29, 1.82) is 0 Å². The number of nitrogens with one attached hydrogen (secondary N) is 1. The van der Waals surface area contributed by atoms with E-state index in [0.29, 0.717) is 12.1 Å². The molecule has 2 aliphatic heterocycles. The number of carbonyl (C=O) groups excluding carboxylic acids is 1. The van der Waals surface area contributed by atoms with Gasteiger partial charge in [-0.2, -0.15) is 0 Å². The first-order chi connectivity index (χ1) is 11.0. The lowest BCUT2D eigenvalue weighted by atomic mass is 10.1. The molecule has 6 nitrogen and oxygen atoms in total. The fourth-order valence-corrected chi connectivity index (χ4v) is 5.14. The molecule has 3 rings (SSSR count). The van der Waals surface area contributed by atoms with Crippen LogP contribution in [-0.4, -0.2) is 43.9 Å². The molecule has 0 aliphatic carbocycles. The van der Waals surface area contributed by atoms with Crippen LogP contribution in [0.15, 0.2) is 18.3 Å². The fourth-order valence-electron chi connectivity index (χ4n) is 3.28. The van der Waals surface area contributed by atoms with Gasteiger partial charge in [0.05, 0.1) is 23.4 Å². The molecule has 0 aromatic carbocycles. The van der Waals surface area contributed by atoms with Gasteiger partial charge in [0.15, 0.2) is 9.84 Å². The van der Waals surface area contributed by atoms with Crippen LogP contribution in [0.3, 0.4) is 0 Å². The second kappa shape index (κ2) is 6.86. The number of rotatable bonds is 4. The molecule has 2 aliphatic rings. The maximum Gasteiger partial charge on any atom is 0.224 e. The number of piperidine rings is 1. The Kier molecular flexibility index (Phi) is 4.84. The van der Waals surface area contributed by atoms with E-state index in [0.717, 1.165) is 18.9 Å². The van der Waals surface area contributed by atoms with Crippen molar-refractivity contribution in [3.05, 3.63) is 18.3 Å². The molecule has 1 atom stereocenters. The summed E-state index contributed by atoms with van der Waals surface area (Å²) in [6, 6.07) is 3.79. The van der Waals surface area contributed by atoms with Crippen LogP contribution in [0, 0.1) is 5.92 Å². The van der Waals surface area contributed by atoms with Crippen molar-refractivity contribution in [2.75, 3.05) is 34.8 Å². The summed E-state index contributed by atoms with van der Waals surface area (Å²) in [7, 11) is -2.93. The van der Waals surface area contributed by atoms with Crippen LogP contribution < -0.4 is 10.2 Å². The van der Waals surface area contributed by atoms with E-state index in [9.17, 15) is 13.2 Å². The predicted molar refractivity (Wildman–Crippen MR) is 90.3 cm³/mol. The van der Waals surface area contributed by atoms with E-state index >= 15 is 0 Å². The summed E-state index contributed by atoms with van der Waals surface area (Å²) in [5.41, 5.74) is 0.664. The number of sulfone groups is 1. The van der Waals surface area contributed by atoms with Gasteiger partial charge in [0.25, 0.3) is 0 Å². The summed E-state index contributed by atoms with van der Waals surface area (Å²) < 4.78 is 22.8. The molecule has 1 N–H and O–H groups in total. The zero-order chi connectivity index (χ0) is 16.3. The summed E-state index contributed by atoms with van der Waals surface area (Å²) >= 11 is 0. The Morgan fingerprint density at radius 3 is 2.65 bits per heavy atom. The first-order valence-electron chi connectivity index (χ1n) is 8.23. The number of hydrogen-bond acceptors (Lipinski definition) is 5. The first-order valence-corrected chi connectivity index (χ1v) is 10.1. The highest BCUT2D eigenvalue weighted by Gasteiger charge is 2.29. The first kappa shape index (κ1) is 16.2. The molecular formula is C16H23N3O3S. The summed E-state index contributed by atoms with van der Waals surface area (Å²) in [5.74, 6) is 1.09. The molecule has 1 aromatic rings. The number of aromatic nitrogens is 1. The summed E-state index contributed by atoms with van der Waals surface area (Å²) in [6.07, 6.45) is 6.19. The fraction of sp³-hybridized carbons (Fsp3) is 0.625. The van der Waals surface area contributed by atoms with Crippen molar-refractivity contribution in [2.45, 2.75) is 32.1 Å². The number of carbonyl (C=O) groups is 1. The lowest BCUT2D eigenvalue weighted by Crippen LogP contribution is -2.30. The van der Waals surface area contributed by atoms with E-state index < -0.39 is 9.84 Å². The molecule has 7 heteroatoms. The van der Waals surface area contributed by atoms with Crippen molar-refractivity contribution >= 4 is 27.2 Å². The van der Waals surface area contributed by atoms with Crippen molar-refractivity contribution in [1.82, 2.24) is 4.98 Å². The predicted octanol–water partition coefficient (Wildman–Crippen LogP) is 1.84.